The molecule has 8 heteroatoms. The highest BCUT2D eigenvalue weighted by Gasteiger charge is 2.21. The zero-order chi connectivity index (χ0) is 29.3. The summed E-state index contributed by atoms with van der Waals surface area (Å²) in [5.74, 6) is 2.27. The smallest absolute Gasteiger partial charge is 0.337 e. The molecule has 0 bridgehead atoms. The number of piperidine rings is 1. The summed E-state index contributed by atoms with van der Waals surface area (Å²) in [5, 5.41) is 2.94. The van der Waals surface area contributed by atoms with Gasteiger partial charge < -0.3 is 24.4 Å². The summed E-state index contributed by atoms with van der Waals surface area (Å²) >= 11 is 0. The second-order valence-corrected chi connectivity index (χ2v) is 10.3. The van der Waals surface area contributed by atoms with Crippen LogP contribution in [0.25, 0.3) is 0 Å². The van der Waals surface area contributed by atoms with Crippen molar-refractivity contribution in [3.8, 4) is 11.5 Å². The average Bonchev–Trinajstić information content (AvgIpc) is 3.05. The molecule has 5 rings (SSSR count). The molecule has 1 saturated heterocycles. The first-order valence-electron chi connectivity index (χ1n) is 14.1. The van der Waals surface area contributed by atoms with E-state index in [1.165, 1.54) is 12.7 Å². The summed E-state index contributed by atoms with van der Waals surface area (Å²) in [4.78, 5) is 31.4. The number of esters is 1. The van der Waals surface area contributed by atoms with Crippen LogP contribution in [0.3, 0.4) is 0 Å². The molecular formula is C34H35N3O5. The minimum absolute atomic E-state index is 0.168. The van der Waals surface area contributed by atoms with Crippen LogP contribution in [0.5, 0.6) is 11.5 Å². The molecule has 4 aromatic rings. The molecule has 2 heterocycles. The Hall–Kier alpha value is -4.85. The van der Waals surface area contributed by atoms with Crippen LogP contribution in [-0.4, -0.2) is 50.8 Å². The molecule has 0 radical (unpaired) electrons. The molecule has 1 N–H and O–H groups in total. The molecule has 1 aromatic heterocycles. The number of ether oxygens (including phenoxy) is 3. The Kier molecular flexibility index (Phi) is 9.33. The fraction of sp³-hybridized carbons (Fsp3) is 0.265. The van der Waals surface area contributed by atoms with E-state index in [1.54, 1.807) is 31.5 Å². The first kappa shape index (κ1) is 28.7. The predicted molar refractivity (Wildman–Crippen MR) is 163 cm³/mol. The summed E-state index contributed by atoms with van der Waals surface area (Å²) < 4.78 is 16.0. The van der Waals surface area contributed by atoms with Gasteiger partial charge in [0.25, 0.3) is 5.91 Å². The van der Waals surface area contributed by atoms with Crippen molar-refractivity contribution >= 4 is 23.4 Å². The molecule has 1 amide bonds. The van der Waals surface area contributed by atoms with Gasteiger partial charge in [-0.1, -0.05) is 30.3 Å². The summed E-state index contributed by atoms with van der Waals surface area (Å²) in [6.07, 6.45) is 4.44. The first-order chi connectivity index (χ1) is 20.5. The van der Waals surface area contributed by atoms with Crippen molar-refractivity contribution in [2.45, 2.75) is 19.3 Å². The Balaban J connectivity index is 1.07. The number of hydrogen-bond donors (Lipinski definition) is 1. The van der Waals surface area contributed by atoms with Gasteiger partial charge in [0.2, 0.25) is 0 Å². The number of nitrogens with one attached hydrogen (secondary N) is 1. The lowest BCUT2D eigenvalue weighted by Crippen LogP contribution is -2.36. The molecule has 1 aliphatic heterocycles. The number of methoxy groups -OCH3 is 2. The molecule has 0 spiro atoms. The van der Waals surface area contributed by atoms with Gasteiger partial charge in [-0.25, -0.2) is 9.78 Å². The van der Waals surface area contributed by atoms with E-state index >= 15 is 0 Å². The van der Waals surface area contributed by atoms with E-state index in [0.29, 0.717) is 35.1 Å². The van der Waals surface area contributed by atoms with Crippen molar-refractivity contribution in [1.29, 1.82) is 0 Å². The summed E-state index contributed by atoms with van der Waals surface area (Å²) in [6.45, 7) is 2.34. The zero-order valence-electron chi connectivity index (χ0n) is 23.9. The number of benzene rings is 3. The lowest BCUT2D eigenvalue weighted by Gasteiger charge is -2.32. The van der Waals surface area contributed by atoms with Crippen LogP contribution in [0, 0.1) is 5.92 Å². The standard InChI is InChI=1S/C34H35N3O5/c1-40-30-13-8-25(9-14-30)20-24-6-10-27(11-7-24)33(38)36-29-12-15-32(35-22-29)37-18-16-26(17-19-37)23-42-31-5-3-4-28(21-31)34(39)41-2/h3-15,21-22,26H,16-20,23H2,1-2H3,(H,36,38). The van der Waals surface area contributed by atoms with Gasteiger partial charge in [0.1, 0.15) is 17.3 Å². The van der Waals surface area contributed by atoms with Gasteiger partial charge in [0, 0.05) is 18.7 Å². The number of pyridine rings is 1. The van der Waals surface area contributed by atoms with E-state index < -0.39 is 0 Å². The third-order valence-corrected chi connectivity index (χ3v) is 7.47. The van der Waals surface area contributed by atoms with Crippen molar-refractivity contribution in [2.24, 2.45) is 5.92 Å². The maximum absolute atomic E-state index is 12.8. The highest BCUT2D eigenvalue weighted by molar-refractivity contribution is 6.04. The zero-order valence-corrected chi connectivity index (χ0v) is 23.9. The molecule has 42 heavy (non-hydrogen) atoms. The lowest BCUT2D eigenvalue weighted by molar-refractivity contribution is 0.0600. The monoisotopic (exact) mass is 565 g/mol. The molecule has 1 aliphatic rings. The van der Waals surface area contributed by atoms with Crippen molar-refractivity contribution in [3.05, 3.63) is 113 Å². The molecular weight excluding hydrogens is 530 g/mol. The maximum atomic E-state index is 12.8. The van der Waals surface area contributed by atoms with Gasteiger partial charge in [-0.3, -0.25) is 4.79 Å². The first-order valence-corrected chi connectivity index (χ1v) is 14.1. The molecule has 3 aromatic carbocycles. The Morgan fingerprint density at radius 2 is 1.57 bits per heavy atom. The summed E-state index contributed by atoms with van der Waals surface area (Å²) in [5.41, 5.74) is 4.04. The third kappa shape index (κ3) is 7.46. The van der Waals surface area contributed by atoms with Gasteiger partial charge >= 0.3 is 5.97 Å². The van der Waals surface area contributed by atoms with E-state index in [1.807, 2.05) is 66.7 Å². The average molecular weight is 566 g/mol. The van der Waals surface area contributed by atoms with Crippen molar-refractivity contribution in [1.82, 2.24) is 4.98 Å². The van der Waals surface area contributed by atoms with Crippen LogP contribution in [0.4, 0.5) is 11.5 Å². The molecule has 0 aliphatic carbocycles. The number of hydrogen-bond acceptors (Lipinski definition) is 7. The molecule has 0 atom stereocenters. The largest absolute Gasteiger partial charge is 0.497 e. The summed E-state index contributed by atoms with van der Waals surface area (Å²) in [6, 6.07) is 26.6. The Morgan fingerprint density at radius 1 is 0.857 bits per heavy atom. The highest BCUT2D eigenvalue weighted by Crippen LogP contribution is 2.24. The van der Waals surface area contributed by atoms with Gasteiger partial charge in [-0.2, -0.15) is 0 Å². The molecule has 0 unspecified atom stereocenters. The summed E-state index contributed by atoms with van der Waals surface area (Å²) in [7, 11) is 3.03. The van der Waals surface area contributed by atoms with E-state index in [9.17, 15) is 9.59 Å². The van der Waals surface area contributed by atoms with Crippen LogP contribution < -0.4 is 19.7 Å². The van der Waals surface area contributed by atoms with Crippen LogP contribution in [0.2, 0.25) is 0 Å². The second-order valence-electron chi connectivity index (χ2n) is 10.3. The number of carbonyl (C=O) groups is 2. The highest BCUT2D eigenvalue weighted by atomic mass is 16.5. The van der Waals surface area contributed by atoms with Crippen LogP contribution in [0.15, 0.2) is 91.1 Å². The fourth-order valence-corrected chi connectivity index (χ4v) is 4.98. The van der Waals surface area contributed by atoms with Crippen molar-refractivity contribution in [2.75, 3.05) is 44.1 Å². The molecule has 1 fully saturated rings. The maximum Gasteiger partial charge on any atom is 0.337 e. The minimum Gasteiger partial charge on any atom is -0.497 e. The molecule has 216 valence electrons. The van der Waals surface area contributed by atoms with E-state index in [2.05, 4.69) is 15.2 Å². The van der Waals surface area contributed by atoms with Crippen LogP contribution >= 0.6 is 0 Å². The lowest BCUT2D eigenvalue weighted by atomic mass is 9.98. The Morgan fingerprint density at radius 3 is 2.21 bits per heavy atom. The van der Waals surface area contributed by atoms with Crippen LogP contribution in [0.1, 0.15) is 44.7 Å². The number of anilines is 2. The van der Waals surface area contributed by atoms with Gasteiger partial charge in [-0.05, 0) is 90.9 Å². The number of rotatable bonds is 10. The van der Waals surface area contributed by atoms with E-state index in [4.69, 9.17) is 14.2 Å². The second kappa shape index (κ2) is 13.7. The Labute approximate surface area is 246 Å². The Bertz CT molecular complexity index is 1480. The number of carbonyl (C=O) groups excluding carboxylic acids is 2. The van der Waals surface area contributed by atoms with Crippen LogP contribution in [-0.2, 0) is 11.2 Å². The quantitative estimate of drug-likeness (QED) is 0.235. The van der Waals surface area contributed by atoms with E-state index in [0.717, 1.165) is 49.5 Å². The minimum atomic E-state index is -0.373. The van der Waals surface area contributed by atoms with Gasteiger partial charge in [-0.15, -0.1) is 0 Å². The number of nitrogens with zero attached hydrogens (tertiary/aromatic N) is 2. The molecule has 8 nitrogen and oxygen atoms in total. The van der Waals surface area contributed by atoms with E-state index in [-0.39, 0.29) is 11.9 Å². The van der Waals surface area contributed by atoms with Crippen molar-refractivity contribution < 1.29 is 23.8 Å². The number of amides is 1. The van der Waals surface area contributed by atoms with Gasteiger partial charge in [0.15, 0.2) is 0 Å². The molecule has 0 saturated carbocycles. The topological polar surface area (TPSA) is 90.0 Å². The number of aromatic nitrogens is 1. The fourth-order valence-electron chi connectivity index (χ4n) is 4.98. The predicted octanol–water partition coefficient (Wildman–Crippen LogP) is 6.02. The third-order valence-electron chi connectivity index (χ3n) is 7.47. The van der Waals surface area contributed by atoms with Crippen molar-refractivity contribution in [3.63, 3.8) is 0 Å². The van der Waals surface area contributed by atoms with Gasteiger partial charge in [0.05, 0.1) is 38.3 Å². The normalized spacial score (nSPS) is 13.3. The SMILES string of the molecule is COC(=O)c1cccc(OCC2CCN(c3ccc(NC(=O)c4ccc(Cc5ccc(OC)cc5)cc4)cn3)CC2)c1.